The summed E-state index contributed by atoms with van der Waals surface area (Å²) in [5.41, 5.74) is 0. The molecule has 1 aromatic heterocycles. The van der Waals surface area contributed by atoms with Gasteiger partial charge < -0.3 is 9.73 Å². The predicted octanol–water partition coefficient (Wildman–Crippen LogP) is 2.51. The molecule has 1 fully saturated rings. The molecule has 1 unspecified atom stereocenters. The van der Waals surface area contributed by atoms with Crippen LogP contribution in [0.4, 0.5) is 0 Å². The van der Waals surface area contributed by atoms with Gasteiger partial charge in [-0.05, 0) is 54.8 Å². The standard InChI is InChI=1S/C13H21BrN2O3S/c1-3-20(17,18)16-8-6-11(7-9-16)15-10(2)12-4-5-13(14)19-12/h4-5,10-11,15H,3,6-9H2,1-2H3. The van der Waals surface area contributed by atoms with Crippen molar-refractivity contribution in [3.63, 3.8) is 0 Å². The first-order valence-corrected chi connectivity index (χ1v) is 9.31. The highest BCUT2D eigenvalue weighted by atomic mass is 79.9. The molecule has 2 heterocycles. The lowest BCUT2D eigenvalue weighted by molar-refractivity contribution is 0.268. The van der Waals surface area contributed by atoms with Gasteiger partial charge >= 0.3 is 0 Å². The lowest BCUT2D eigenvalue weighted by Gasteiger charge is -2.32. The molecule has 1 N–H and O–H groups in total. The Labute approximate surface area is 128 Å². The summed E-state index contributed by atoms with van der Waals surface area (Å²) >= 11 is 3.30. The number of rotatable bonds is 5. The lowest BCUT2D eigenvalue weighted by atomic mass is 10.1. The normalized spacial score (nSPS) is 20.1. The van der Waals surface area contributed by atoms with Gasteiger partial charge in [-0.3, -0.25) is 0 Å². The van der Waals surface area contributed by atoms with Crippen molar-refractivity contribution in [2.45, 2.75) is 38.8 Å². The summed E-state index contributed by atoms with van der Waals surface area (Å²) in [6, 6.07) is 4.28. The summed E-state index contributed by atoms with van der Waals surface area (Å²) in [7, 11) is -3.04. The van der Waals surface area contributed by atoms with Crippen LogP contribution in [0.2, 0.25) is 0 Å². The van der Waals surface area contributed by atoms with Gasteiger partial charge in [0, 0.05) is 19.1 Å². The van der Waals surface area contributed by atoms with Crippen LogP contribution in [0.15, 0.2) is 21.2 Å². The number of sulfonamides is 1. The minimum Gasteiger partial charge on any atom is -0.453 e. The van der Waals surface area contributed by atoms with Gasteiger partial charge in [0.05, 0.1) is 11.8 Å². The predicted molar refractivity (Wildman–Crippen MR) is 82.0 cm³/mol. The molecule has 1 atom stereocenters. The second kappa shape index (κ2) is 6.60. The number of piperidine rings is 1. The van der Waals surface area contributed by atoms with E-state index in [0.29, 0.717) is 19.1 Å². The van der Waals surface area contributed by atoms with Crippen LogP contribution < -0.4 is 5.32 Å². The first-order chi connectivity index (χ1) is 9.42. The molecule has 7 heteroatoms. The molecule has 0 spiro atoms. The summed E-state index contributed by atoms with van der Waals surface area (Å²) < 4.78 is 31.4. The van der Waals surface area contributed by atoms with E-state index < -0.39 is 10.0 Å². The van der Waals surface area contributed by atoms with E-state index in [9.17, 15) is 8.42 Å². The summed E-state index contributed by atoms with van der Waals surface area (Å²) in [6.45, 7) is 4.95. The molecule has 5 nitrogen and oxygen atoms in total. The Kier molecular flexibility index (Phi) is 5.28. The molecule has 114 valence electrons. The highest BCUT2D eigenvalue weighted by Crippen LogP contribution is 2.22. The molecule has 1 aliphatic rings. The Bertz CT molecular complexity index is 536. The molecule has 0 radical (unpaired) electrons. The first kappa shape index (κ1) is 16.0. The first-order valence-electron chi connectivity index (χ1n) is 6.91. The fourth-order valence-corrected chi connectivity index (χ4v) is 3.93. The molecule has 1 saturated heterocycles. The Morgan fingerprint density at radius 3 is 2.60 bits per heavy atom. The zero-order valence-corrected chi connectivity index (χ0v) is 14.2. The van der Waals surface area contributed by atoms with Gasteiger partial charge in [-0.1, -0.05) is 0 Å². The third-order valence-corrected chi connectivity index (χ3v) is 6.03. The van der Waals surface area contributed by atoms with Crippen molar-refractivity contribution in [2.75, 3.05) is 18.8 Å². The Morgan fingerprint density at radius 2 is 2.10 bits per heavy atom. The second-order valence-corrected chi connectivity index (χ2v) is 8.14. The minimum atomic E-state index is -3.04. The molecule has 1 aromatic rings. The number of nitrogens with zero attached hydrogens (tertiary/aromatic N) is 1. The van der Waals surface area contributed by atoms with Crippen molar-refractivity contribution >= 4 is 26.0 Å². The smallest absolute Gasteiger partial charge is 0.213 e. The molecule has 20 heavy (non-hydrogen) atoms. The summed E-state index contributed by atoms with van der Waals surface area (Å²) in [6.07, 6.45) is 1.68. The highest BCUT2D eigenvalue weighted by Gasteiger charge is 2.27. The van der Waals surface area contributed by atoms with E-state index in [1.54, 1.807) is 11.2 Å². The molecular weight excluding hydrogens is 344 g/mol. The van der Waals surface area contributed by atoms with Crippen LogP contribution in [-0.4, -0.2) is 37.6 Å². The fraction of sp³-hybridized carbons (Fsp3) is 0.692. The summed E-state index contributed by atoms with van der Waals surface area (Å²) in [5.74, 6) is 1.07. The van der Waals surface area contributed by atoms with Gasteiger partial charge in [-0.2, -0.15) is 0 Å². The fourth-order valence-electron chi connectivity index (χ4n) is 2.48. The van der Waals surface area contributed by atoms with Crippen LogP contribution in [0.5, 0.6) is 0 Å². The Hall–Kier alpha value is -0.370. The molecule has 0 amide bonds. The van der Waals surface area contributed by atoms with Gasteiger partial charge in [0.2, 0.25) is 10.0 Å². The third-order valence-electron chi connectivity index (χ3n) is 3.72. The van der Waals surface area contributed by atoms with Crippen molar-refractivity contribution in [2.24, 2.45) is 0 Å². The van der Waals surface area contributed by atoms with E-state index in [0.717, 1.165) is 23.3 Å². The molecular formula is C13H21BrN2O3S. The molecule has 1 aliphatic heterocycles. The molecule has 0 aromatic carbocycles. The van der Waals surface area contributed by atoms with E-state index in [4.69, 9.17) is 4.42 Å². The topological polar surface area (TPSA) is 62.6 Å². The highest BCUT2D eigenvalue weighted by molar-refractivity contribution is 9.10. The average Bonchev–Trinajstić information content (AvgIpc) is 2.86. The van der Waals surface area contributed by atoms with Crippen LogP contribution in [0, 0.1) is 0 Å². The summed E-state index contributed by atoms with van der Waals surface area (Å²) in [5, 5.41) is 3.50. The third kappa shape index (κ3) is 3.84. The van der Waals surface area contributed by atoms with Gasteiger partial charge in [-0.15, -0.1) is 0 Å². The van der Waals surface area contributed by atoms with E-state index in [1.165, 1.54) is 0 Å². The number of furan rings is 1. The average molecular weight is 365 g/mol. The van der Waals surface area contributed by atoms with Crippen LogP contribution in [0.25, 0.3) is 0 Å². The number of hydrogen-bond donors (Lipinski definition) is 1. The van der Waals surface area contributed by atoms with Crippen molar-refractivity contribution in [1.82, 2.24) is 9.62 Å². The number of hydrogen-bond acceptors (Lipinski definition) is 4. The van der Waals surface area contributed by atoms with Crippen molar-refractivity contribution in [3.8, 4) is 0 Å². The number of halogens is 1. The Balaban J connectivity index is 1.86. The van der Waals surface area contributed by atoms with E-state index in [1.807, 2.05) is 12.1 Å². The molecule has 0 bridgehead atoms. The van der Waals surface area contributed by atoms with Gasteiger partial charge in [0.15, 0.2) is 4.67 Å². The zero-order chi connectivity index (χ0) is 14.8. The quantitative estimate of drug-likeness (QED) is 0.871. The minimum absolute atomic E-state index is 0.126. The maximum atomic E-state index is 11.8. The van der Waals surface area contributed by atoms with Crippen molar-refractivity contribution in [3.05, 3.63) is 22.6 Å². The van der Waals surface area contributed by atoms with Crippen molar-refractivity contribution < 1.29 is 12.8 Å². The van der Waals surface area contributed by atoms with E-state index >= 15 is 0 Å². The Morgan fingerprint density at radius 1 is 1.45 bits per heavy atom. The van der Waals surface area contributed by atoms with Gasteiger partial charge in [0.1, 0.15) is 5.76 Å². The van der Waals surface area contributed by atoms with Gasteiger partial charge in [0.25, 0.3) is 0 Å². The molecule has 0 saturated carbocycles. The van der Waals surface area contributed by atoms with Crippen LogP contribution in [0.1, 0.15) is 38.5 Å². The van der Waals surface area contributed by atoms with Crippen molar-refractivity contribution in [1.29, 1.82) is 0 Å². The number of nitrogens with one attached hydrogen (secondary N) is 1. The van der Waals surface area contributed by atoms with Gasteiger partial charge in [-0.25, -0.2) is 12.7 Å². The molecule has 0 aliphatic carbocycles. The lowest BCUT2D eigenvalue weighted by Crippen LogP contribution is -2.45. The monoisotopic (exact) mass is 364 g/mol. The van der Waals surface area contributed by atoms with Crippen LogP contribution in [0.3, 0.4) is 0 Å². The van der Waals surface area contributed by atoms with E-state index in [-0.39, 0.29) is 11.8 Å². The van der Waals surface area contributed by atoms with E-state index in [2.05, 4.69) is 28.2 Å². The largest absolute Gasteiger partial charge is 0.453 e. The molecule has 2 rings (SSSR count). The summed E-state index contributed by atoms with van der Waals surface area (Å²) in [4.78, 5) is 0. The van der Waals surface area contributed by atoms with Crippen LogP contribution >= 0.6 is 15.9 Å². The SMILES string of the molecule is CCS(=O)(=O)N1CCC(NC(C)c2ccc(Br)o2)CC1. The maximum Gasteiger partial charge on any atom is 0.213 e. The van der Waals surface area contributed by atoms with Crippen LogP contribution in [-0.2, 0) is 10.0 Å². The zero-order valence-electron chi connectivity index (χ0n) is 11.8. The maximum absolute atomic E-state index is 11.8. The second-order valence-electron chi connectivity index (χ2n) is 5.10.